The van der Waals surface area contributed by atoms with Gasteiger partial charge in [-0.3, -0.25) is 4.79 Å². The first-order valence-electron chi connectivity index (χ1n) is 8.80. The van der Waals surface area contributed by atoms with E-state index < -0.39 is 0 Å². The van der Waals surface area contributed by atoms with Crippen molar-refractivity contribution in [3.63, 3.8) is 0 Å². The zero-order chi connectivity index (χ0) is 16.1. The normalized spacial score (nSPS) is 21.0. The van der Waals surface area contributed by atoms with Crippen LogP contribution in [0.15, 0.2) is 12.3 Å². The molecule has 1 aromatic rings. The van der Waals surface area contributed by atoms with Crippen molar-refractivity contribution in [3.05, 3.63) is 18.0 Å². The van der Waals surface area contributed by atoms with Crippen molar-refractivity contribution in [2.45, 2.75) is 44.6 Å². The summed E-state index contributed by atoms with van der Waals surface area (Å²) in [6, 6.07) is 2.16. The highest BCUT2D eigenvalue weighted by Gasteiger charge is 2.22. The number of carbonyl (C=O) groups excluding carboxylic acids is 1. The lowest BCUT2D eigenvalue weighted by atomic mass is 10.1. The molecule has 2 fully saturated rings. The first kappa shape index (κ1) is 16.2. The molecule has 2 aliphatic rings. The molecule has 2 heterocycles. The lowest BCUT2D eigenvalue weighted by Gasteiger charge is -2.32. The van der Waals surface area contributed by atoms with E-state index in [-0.39, 0.29) is 5.91 Å². The van der Waals surface area contributed by atoms with E-state index in [2.05, 4.69) is 27.2 Å². The van der Waals surface area contributed by atoms with Gasteiger partial charge in [0, 0.05) is 38.4 Å². The Morgan fingerprint density at radius 2 is 1.83 bits per heavy atom. The third-order valence-corrected chi connectivity index (χ3v) is 4.85. The van der Waals surface area contributed by atoms with Gasteiger partial charge in [0.1, 0.15) is 5.69 Å². The molecule has 0 radical (unpaired) electrons. The van der Waals surface area contributed by atoms with Crippen molar-refractivity contribution in [2.75, 3.05) is 38.5 Å². The van der Waals surface area contributed by atoms with Gasteiger partial charge in [-0.1, -0.05) is 25.7 Å². The van der Waals surface area contributed by atoms with E-state index in [1.807, 2.05) is 4.90 Å². The molecule has 1 saturated heterocycles. The molecule has 6 heteroatoms. The Bertz CT molecular complexity index is 519. The molecule has 0 atom stereocenters. The van der Waals surface area contributed by atoms with Gasteiger partial charge in [0.05, 0.1) is 0 Å². The zero-order valence-electron chi connectivity index (χ0n) is 14.0. The van der Waals surface area contributed by atoms with E-state index in [9.17, 15) is 4.79 Å². The predicted molar refractivity (Wildman–Crippen MR) is 90.5 cm³/mol. The average Bonchev–Trinajstić information content (AvgIpc) is 2.84. The molecular weight excluding hydrogens is 290 g/mol. The number of anilines is 1. The number of carbonyl (C=O) groups is 1. The van der Waals surface area contributed by atoms with Crippen molar-refractivity contribution in [1.29, 1.82) is 0 Å². The fourth-order valence-corrected chi connectivity index (χ4v) is 3.33. The van der Waals surface area contributed by atoms with Gasteiger partial charge < -0.3 is 15.1 Å². The number of rotatable bonds is 3. The van der Waals surface area contributed by atoms with Crippen LogP contribution in [0.25, 0.3) is 0 Å². The van der Waals surface area contributed by atoms with Crippen molar-refractivity contribution >= 4 is 11.9 Å². The molecule has 1 N–H and O–H groups in total. The first-order chi connectivity index (χ1) is 11.2. The predicted octanol–water partition coefficient (Wildman–Crippen LogP) is 2.00. The molecule has 1 amide bonds. The zero-order valence-corrected chi connectivity index (χ0v) is 14.0. The molecule has 1 aliphatic carbocycles. The second kappa shape index (κ2) is 7.73. The summed E-state index contributed by atoms with van der Waals surface area (Å²) in [4.78, 5) is 25.5. The SMILES string of the molecule is CN1CCN(C(=O)c2ccnc(NC3CCCCCC3)n2)CC1. The number of amides is 1. The van der Waals surface area contributed by atoms with Gasteiger partial charge in [-0.15, -0.1) is 0 Å². The summed E-state index contributed by atoms with van der Waals surface area (Å²) in [6.45, 7) is 3.38. The van der Waals surface area contributed by atoms with Crippen LogP contribution in [0.4, 0.5) is 5.95 Å². The van der Waals surface area contributed by atoms with Gasteiger partial charge in [0.25, 0.3) is 5.91 Å². The lowest BCUT2D eigenvalue weighted by molar-refractivity contribution is 0.0658. The van der Waals surface area contributed by atoms with Crippen LogP contribution in [-0.2, 0) is 0 Å². The summed E-state index contributed by atoms with van der Waals surface area (Å²) < 4.78 is 0. The lowest BCUT2D eigenvalue weighted by Crippen LogP contribution is -2.47. The highest BCUT2D eigenvalue weighted by molar-refractivity contribution is 5.92. The number of hydrogen-bond donors (Lipinski definition) is 1. The number of aromatic nitrogens is 2. The third-order valence-electron chi connectivity index (χ3n) is 4.85. The van der Waals surface area contributed by atoms with Crippen molar-refractivity contribution < 1.29 is 4.79 Å². The maximum absolute atomic E-state index is 12.6. The van der Waals surface area contributed by atoms with Gasteiger partial charge in [-0.2, -0.15) is 0 Å². The van der Waals surface area contributed by atoms with Crippen LogP contribution in [-0.4, -0.2) is 64.9 Å². The molecule has 1 aliphatic heterocycles. The largest absolute Gasteiger partial charge is 0.351 e. The highest BCUT2D eigenvalue weighted by Crippen LogP contribution is 2.19. The van der Waals surface area contributed by atoms with Crippen molar-refractivity contribution in [3.8, 4) is 0 Å². The molecule has 1 aromatic heterocycles. The Kier molecular flexibility index (Phi) is 5.43. The molecule has 0 unspecified atom stereocenters. The summed E-state index contributed by atoms with van der Waals surface area (Å²) in [5.74, 6) is 0.612. The maximum Gasteiger partial charge on any atom is 0.272 e. The Hall–Kier alpha value is -1.69. The molecule has 6 nitrogen and oxygen atoms in total. The van der Waals surface area contributed by atoms with E-state index in [0.29, 0.717) is 17.7 Å². The number of piperazine rings is 1. The van der Waals surface area contributed by atoms with Crippen LogP contribution in [0, 0.1) is 0 Å². The standard InChI is InChI=1S/C17H27N5O/c1-21-10-12-22(13-11-21)16(23)15-8-9-18-17(20-15)19-14-6-4-2-3-5-7-14/h8-9,14H,2-7,10-13H2,1H3,(H,18,19,20). The number of nitrogens with zero attached hydrogens (tertiary/aromatic N) is 4. The van der Waals surface area contributed by atoms with E-state index >= 15 is 0 Å². The summed E-state index contributed by atoms with van der Waals surface area (Å²) in [6.07, 6.45) is 9.19. The van der Waals surface area contributed by atoms with Gasteiger partial charge in [0.2, 0.25) is 5.95 Å². The van der Waals surface area contributed by atoms with Gasteiger partial charge in [0.15, 0.2) is 0 Å². The minimum absolute atomic E-state index is 0.0180. The van der Waals surface area contributed by atoms with E-state index in [0.717, 1.165) is 26.2 Å². The fraction of sp³-hybridized carbons (Fsp3) is 0.706. The average molecular weight is 317 g/mol. The second-order valence-electron chi connectivity index (χ2n) is 6.69. The van der Waals surface area contributed by atoms with E-state index in [1.54, 1.807) is 12.3 Å². The number of nitrogens with one attached hydrogen (secondary N) is 1. The molecule has 3 rings (SSSR count). The fourth-order valence-electron chi connectivity index (χ4n) is 3.33. The van der Waals surface area contributed by atoms with Gasteiger partial charge in [-0.25, -0.2) is 9.97 Å². The van der Waals surface area contributed by atoms with Gasteiger partial charge in [-0.05, 0) is 26.0 Å². The van der Waals surface area contributed by atoms with Crippen LogP contribution in [0.3, 0.4) is 0 Å². The van der Waals surface area contributed by atoms with Crippen molar-refractivity contribution in [1.82, 2.24) is 19.8 Å². The summed E-state index contributed by atoms with van der Waals surface area (Å²) in [5, 5.41) is 3.42. The van der Waals surface area contributed by atoms with Crippen LogP contribution in [0.2, 0.25) is 0 Å². The second-order valence-corrected chi connectivity index (χ2v) is 6.69. The number of likely N-dealkylation sites (N-methyl/N-ethyl adjacent to an activating group) is 1. The van der Waals surface area contributed by atoms with Gasteiger partial charge >= 0.3 is 0 Å². The first-order valence-corrected chi connectivity index (χ1v) is 8.80. The quantitative estimate of drug-likeness (QED) is 0.864. The molecule has 0 bridgehead atoms. The summed E-state index contributed by atoms with van der Waals surface area (Å²) in [7, 11) is 2.08. The molecule has 126 valence electrons. The molecule has 23 heavy (non-hydrogen) atoms. The van der Waals surface area contributed by atoms with Crippen LogP contribution in [0.5, 0.6) is 0 Å². The van der Waals surface area contributed by atoms with Crippen LogP contribution in [0.1, 0.15) is 49.0 Å². The Labute approximate surface area is 138 Å². The minimum atomic E-state index is 0.0180. The number of hydrogen-bond acceptors (Lipinski definition) is 5. The molecular formula is C17H27N5O. The van der Waals surface area contributed by atoms with E-state index in [1.165, 1.54) is 38.5 Å². The molecule has 1 saturated carbocycles. The minimum Gasteiger partial charge on any atom is -0.351 e. The monoisotopic (exact) mass is 317 g/mol. The highest BCUT2D eigenvalue weighted by atomic mass is 16.2. The van der Waals surface area contributed by atoms with Crippen LogP contribution < -0.4 is 5.32 Å². The topological polar surface area (TPSA) is 61.4 Å². The Morgan fingerprint density at radius 1 is 1.13 bits per heavy atom. The van der Waals surface area contributed by atoms with E-state index in [4.69, 9.17) is 0 Å². The third kappa shape index (κ3) is 4.41. The smallest absolute Gasteiger partial charge is 0.272 e. The molecule has 0 aromatic carbocycles. The summed E-state index contributed by atoms with van der Waals surface area (Å²) >= 11 is 0. The van der Waals surface area contributed by atoms with Crippen molar-refractivity contribution in [2.24, 2.45) is 0 Å². The molecule has 0 spiro atoms. The summed E-state index contributed by atoms with van der Waals surface area (Å²) in [5.41, 5.74) is 0.501. The Morgan fingerprint density at radius 3 is 2.52 bits per heavy atom. The maximum atomic E-state index is 12.6. The Balaban J connectivity index is 1.63. The van der Waals surface area contributed by atoms with Crippen LogP contribution >= 0.6 is 0 Å².